The van der Waals surface area contributed by atoms with E-state index in [1.54, 1.807) is 0 Å². The van der Waals surface area contributed by atoms with Gasteiger partial charge in [0.05, 0.1) is 0 Å². The topological polar surface area (TPSA) is 29.1 Å². The van der Waals surface area contributed by atoms with Crippen LogP contribution in [0.25, 0.3) is 0 Å². The van der Waals surface area contributed by atoms with Crippen LogP contribution >= 0.6 is 0 Å². The van der Waals surface area contributed by atoms with Gasteiger partial charge in [-0.05, 0) is 31.4 Å². The summed E-state index contributed by atoms with van der Waals surface area (Å²) >= 11 is 0. The van der Waals surface area contributed by atoms with Crippen molar-refractivity contribution in [1.82, 2.24) is 5.32 Å². The molecule has 1 aromatic rings. The molecular weight excluding hydrogens is 243 g/mol. The minimum Gasteiger partial charge on any atom is -0.347 e. The molecule has 18 heavy (non-hydrogen) atoms. The van der Waals surface area contributed by atoms with Gasteiger partial charge in [-0.25, -0.2) is 0 Å². The maximum Gasteiger partial charge on any atom is 0.405 e. The van der Waals surface area contributed by atoms with E-state index < -0.39 is 18.6 Å². The number of halogens is 3. The highest BCUT2D eigenvalue weighted by molar-refractivity contribution is 5.76. The first-order valence-corrected chi connectivity index (χ1v) is 5.67. The third kappa shape index (κ3) is 5.21. The summed E-state index contributed by atoms with van der Waals surface area (Å²) in [5.74, 6) is -0.577. The van der Waals surface area contributed by atoms with Crippen molar-refractivity contribution >= 4 is 5.91 Å². The Morgan fingerprint density at radius 2 is 1.94 bits per heavy atom. The number of carbonyl (C=O) groups is 1. The maximum absolute atomic E-state index is 11.9. The van der Waals surface area contributed by atoms with Gasteiger partial charge in [-0.2, -0.15) is 13.2 Å². The molecule has 2 nitrogen and oxygen atoms in total. The summed E-state index contributed by atoms with van der Waals surface area (Å²) in [7, 11) is 0. The Morgan fingerprint density at radius 1 is 1.28 bits per heavy atom. The number of aryl methyl sites for hydroxylation is 3. The van der Waals surface area contributed by atoms with Crippen LogP contribution in [0.5, 0.6) is 0 Å². The summed E-state index contributed by atoms with van der Waals surface area (Å²) in [6.45, 7) is 2.63. The summed E-state index contributed by atoms with van der Waals surface area (Å²) in [6, 6.07) is 5.82. The fourth-order valence-electron chi connectivity index (χ4n) is 1.66. The third-order valence-electron chi connectivity index (χ3n) is 2.61. The van der Waals surface area contributed by atoms with E-state index in [2.05, 4.69) is 0 Å². The average molecular weight is 259 g/mol. The van der Waals surface area contributed by atoms with Crippen molar-refractivity contribution in [3.8, 4) is 0 Å². The highest BCUT2D eigenvalue weighted by Crippen LogP contribution is 2.14. The standard InChI is InChI=1S/C13H16F3NO/c1-9-3-4-11(10(2)7-9)5-6-12(18)17-8-13(14,15)16/h3-4,7H,5-6,8H2,1-2H3,(H,17,18). The van der Waals surface area contributed by atoms with Gasteiger partial charge in [-0.1, -0.05) is 23.8 Å². The Bertz CT molecular complexity index is 427. The molecular formula is C13H16F3NO. The van der Waals surface area contributed by atoms with Crippen LogP contribution in [-0.4, -0.2) is 18.6 Å². The van der Waals surface area contributed by atoms with Crippen molar-refractivity contribution in [2.45, 2.75) is 32.9 Å². The predicted molar refractivity (Wildman–Crippen MR) is 63.3 cm³/mol. The summed E-state index contributed by atoms with van der Waals surface area (Å²) in [4.78, 5) is 11.2. The van der Waals surface area contributed by atoms with Crippen molar-refractivity contribution in [2.75, 3.05) is 6.54 Å². The lowest BCUT2D eigenvalue weighted by molar-refractivity contribution is -0.138. The molecule has 0 saturated carbocycles. The normalized spacial score (nSPS) is 11.4. The molecule has 0 heterocycles. The van der Waals surface area contributed by atoms with Gasteiger partial charge >= 0.3 is 6.18 Å². The van der Waals surface area contributed by atoms with Gasteiger partial charge in [0.1, 0.15) is 6.54 Å². The molecule has 0 atom stereocenters. The molecule has 1 aromatic carbocycles. The van der Waals surface area contributed by atoms with Crippen molar-refractivity contribution in [3.05, 3.63) is 34.9 Å². The van der Waals surface area contributed by atoms with Gasteiger partial charge in [0.25, 0.3) is 0 Å². The summed E-state index contributed by atoms with van der Waals surface area (Å²) in [5, 5.41) is 1.86. The van der Waals surface area contributed by atoms with Crippen LogP contribution in [0, 0.1) is 13.8 Å². The zero-order valence-corrected chi connectivity index (χ0v) is 10.4. The van der Waals surface area contributed by atoms with E-state index in [0.717, 1.165) is 16.7 Å². The lowest BCUT2D eigenvalue weighted by atomic mass is 10.0. The summed E-state index contributed by atoms with van der Waals surface area (Å²) in [5.41, 5.74) is 3.17. The SMILES string of the molecule is Cc1ccc(CCC(=O)NCC(F)(F)F)c(C)c1. The number of rotatable bonds is 4. The van der Waals surface area contributed by atoms with Crippen molar-refractivity contribution in [1.29, 1.82) is 0 Å². The zero-order chi connectivity index (χ0) is 13.8. The van der Waals surface area contributed by atoms with E-state index in [4.69, 9.17) is 0 Å². The Labute approximate surface area is 104 Å². The van der Waals surface area contributed by atoms with Crippen molar-refractivity contribution < 1.29 is 18.0 Å². The molecule has 0 spiro atoms. The largest absolute Gasteiger partial charge is 0.405 e. The molecule has 100 valence electrons. The average Bonchev–Trinajstić information content (AvgIpc) is 2.24. The number of hydrogen-bond donors (Lipinski definition) is 1. The third-order valence-corrected chi connectivity index (χ3v) is 2.61. The number of alkyl halides is 3. The Hall–Kier alpha value is -1.52. The van der Waals surface area contributed by atoms with Crippen LogP contribution in [0.4, 0.5) is 13.2 Å². The first-order valence-electron chi connectivity index (χ1n) is 5.67. The maximum atomic E-state index is 11.9. The molecule has 0 saturated heterocycles. The number of nitrogens with one attached hydrogen (secondary N) is 1. The molecule has 0 aromatic heterocycles. The minimum absolute atomic E-state index is 0.0694. The van der Waals surface area contributed by atoms with Crippen LogP contribution in [0.2, 0.25) is 0 Å². The van der Waals surface area contributed by atoms with Gasteiger partial charge in [0, 0.05) is 6.42 Å². The van der Waals surface area contributed by atoms with E-state index in [0.29, 0.717) is 6.42 Å². The Morgan fingerprint density at radius 3 is 2.50 bits per heavy atom. The molecule has 0 aliphatic rings. The second-order valence-electron chi connectivity index (χ2n) is 4.32. The van der Waals surface area contributed by atoms with Gasteiger partial charge in [0.15, 0.2) is 0 Å². The first kappa shape index (κ1) is 14.5. The molecule has 0 aliphatic carbocycles. The van der Waals surface area contributed by atoms with E-state index in [1.165, 1.54) is 0 Å². The van der Waals surface area contributed by atoms with Crippen molar-refractivity contribution in [2.24, 2.45) is 0 Å². The predicted octanol–water partition coefficient (Wildman–Crippen LogP) is 2.91. The molecule has 0 fully saturated rings. The molecule has 0 unspecified atom stereocenters. The number of benzene rings is 1. The van der Waals surface area contributed by atoms with E-state index >= 15 is 0 Å². The summed E-state index contributed by atoms with van der Waals surface area (Å²) in [6.07, 6.45) is -3.83. The zero-order valence-electron chi connectivity index (χ0n) is 10.4. The van der Waals surface area contributed by atoms with Crippen molar-refractivity contribution in [3.63, 3.8) is 0 Å². The highest BCUT2D eigenvalue weighted by Gasteiger charge is 2.27. The van der Waals surface area contributed by atoms with Crippen LogP contribution in [0.15, 0.2) is 18.2 Å². The lowest BCUT2D eigenvalue weighted by Gasteiger charge is -2.09. The number of hydrogen-bond acceptors (Lipinski definition) is 1. The van der Waals surface area contributed by atoms with Gasteiger partial charge in [-0.3, -0.25) is 4.79 Å². The monoisotopic (exact) mass is 259 g/mol. The van der Waals surface area contributed by atoms with Crippen LogP contribution < -0.4 is 5.32 Å². The fourth-order valence-corrected chi connectivity index (χ4v) is 1.66. The van der Waals surface area contributed by atoms with E-state index in [9.17, 15) is 18.0 Å². The van der Waals surface area contributed by atoms with Gasteiger partial charge in [-0.15, -0.1) is 0 Å². The quantitative estimate of drug-likeness (QED) is 0.885. The fraction of sp³-hybridized carbons (Fsp3) is 0.462. The minimum atomic E-state index is -4.35. The molecule has 1 amide bonds. The van der Waals surface area contributed by atoms with Crippen LogP contribution in [-0.2, 0) is 11.2 Å². The Balaban J connectivity index is 2.43. The van der Waals surface area contributed by atoms with E-state index in [-0.39, 0.29) is 6.42 Å². The molecule has 5 heteroatoms. The van der Waals surface area contributed by atoms with Crippen LogP contribution in [0.3, 0.4) is 0 Å². The second-order valence-corrected chi connectivity index (χ2v) is 4.32. The highest BCUT2D eigenvalue weighted by atomic mass is 19.4. The number of carbonyl (C=O) groups excluding carboxylic acids is 1. The van der Waals surface area contributed by atoms with E-state index in [1.807, 2.05) is 37.4 Å². The molecule has 1 rings (SSSR count). The lowest BCUT2D eigenvalue weighted by Crippen LogP contribution is -2.33. The molecule has 0 radical (unpaired) electrons. The Kier molecular flexibility index (Phi) is 4.76. The summed E-state index contributed by atoms with van der Waals surface area (Å²) < 4.78 is 35.6. The second kappa shape index (κ2) is 5.89. The molecule has 0 aliphatic heterocycles. The van der Waals surface area contributed by atoms with Gasteiger partial charge in [0.2, 0.25) is 5.91 Å². The molecule has 0 bridgehead atoms. The smallest absolute Gasteiger partial charge is 0.347 e. The molecule has 1 N–H and O–H groups in total. The van der Waals surface area contributed by atoms with Gasteiger partial charge < -0.3 is 5.32 Å². The first-order chi connectivity index (χ1) is 8.28. The van der Waals surface area contributed by atoms with Crippen LogP contribution in [0.1, 0.15) is 23.1 Å². The number of amides is 1.